The number of aryl methyl sites for hydroxylation is 2. The molecule has 18 heavy (non-hydrogen) atoms. The Morgan fingerprint density at radius 3 is 2.89 bits per heavy atom. The molecule has 0 saturated carbocycles. The largest absolute Gasteiger partial charge is 0.271 e. The van der Waals surface area contributed by atoms with Crippen molar-refractivity contribution in [1.29, 1.82) is 0 Å². The Morgan fingerprint density at radius 2 is 2.17 bits per heavy atom. The average Bonchev–Trinajstić information content (AvgIpc) is 2.92. The molecule has 0 fully saturated rings. The summed E-state index contributed by atoms with van der Waals surface area (Å²) in [4.78, 5) is 10.5. The highest BCUT2D eigenvalue weighted by molar-refractivity contribution is 7.14. The minimum absolute atomic E-state index is 0.961. The molecule has 3 nitrogen and oxygen atoms in total. The molecule has 0 unspecified atom stereocenters. The molecule has 92 valence electrons. The fraction of sp³-hybridized carbons (Fsp3) is 0.286. The van der Waals surface area contributed by atoms with Gasteiger partial charge in [-0.2, -0.15) is 0 Å². The highest BCUT2D eigenvalue weighted by Gasteiger charge is 2.13. The summed E-state index contributed by atoms with van der Waals surface area (Å²) in [5.41, 5.74) is 1.94. The predicted molar refractivity (Wildman–Crippen MR) is 75.5 cm³/mol. The van der Waals surface area contributed by atoms with E-state index in [9.17, 15) is 0 Å². The van der Waals surface area contributed by atoms with Gasteiger partial charge in [0.25, 0.3) is 0 Å². The first-order chi connectivity index (χ1) is 8.79. The molecule has 0 aliphatic rings. The van der Waals surface area contributed by atoms with Crippen molar-refractivity contribution in [3.8, 4) is 5.00 Å². The fourth-order valence-corrected chi connectivity index (χ4v) is 3.01. The summed E-state index contributed by atoms with van der Waals surface area (Å²) in [6.07, 6.45) is 3.90. The maximum absolute atomic E-state index is 4.70. The van der Waals surface area contributed by atoms with E-state index in [4.69, 9.17) is 4.98 Å². The van der Waals surface area contributed by atoms with E-state index in [2.05, 4.69) is 35.5 Å². The van der Waals surface area contributed by atoms with Gasteiger partial charge >= 0.3 is 0 Å². The van der Waals surface area contributed by atoms with Gasteiger partial charge in [-0.1, -0.05) is 6.92 Å². The standard InChI is InChI=1S/C14H15N3S/c1-3-5-12-16-11-6-4-9-15-14(11)17(12)13-8-7-10(2)18-13/h4,6-9H,3,5H2,1-2H3. The van der Waals surface area contributed by atoms with Crippen molar-refractivity contribution < 1.29 is 0 Å². The number of fused-ring (bicyclic) bond motifs is 1. The van der Waals surface area contributed by atoms with Crippen molar-refractivity contribution in [2.45, 2.75) is 26.7 Å². The monoisotopic (exact) mass is 257 g/mol. The second kappa shape index (κ2) is 4.53. The van der Waals surface area contributed by atoms with Gasteiger partial charge in [0.05, 0.1) is 0 Å². The molecule has 0 aromatic carbocycles. The number of hydrogen-bond acceptors (Lipinski definition) is 3. The number of nitrogens with zero attached hydrogens (tertiary/aromatic N) is 3. The highest BCUT2D eigenvalue weighted by atomic mass is 32.1. The zero-order valence-electron chi connectivity index (χ0n) is 10.6. The molecule has 3 aromatic heterocycles. The zero-order valence-corrected chi connectivity index (χ0v) is 11.4. The lowest BCUT2D eigenvalue weighted by Gasteiger charge is -2.04. The Balaban J connectivity index is 2.27. The van der Waals surface area contributed by atoms with Gasteiger partial charge in [-0.05, 0) is 37.6 Å². The second-order valence-corrected chi connectivity index (χ2v) is 5.61. The van der Waals surface area contributed by atoms with E-state index in [1.807, 2.05) is 18.3 Å². The van der Waals surface area contributed by atoms with Gasteiger partial charge in [0.15, 0.2) is 5.65 Å². The third-order valence-electron chi connectivity index (χ3n) is 2.91. The molecule has 0 spiro atoms. The van der Waals surface area contributed by atoms with Crippen LogP contribution in [0.3, 0.4) is 0 Å². The summed E-state index contributed by atoms with van der Waals surface area (Å²) in [5, 5.41) is 1.21. The molecule has 3 aromatic rings. The van der Waals surface area contributed by atoms with E-state index >= 15 is 0 Å². The number of aromatic nitrogens is 3. The molecule has 0 amide bonds. The molecule has 3 rings (SSSR count). The number of pyridine rings is 1. The van der Waals surface area contributed by atoms with Crippen LogP contribution in [0.2, 0.25) is 0 Å². The quantitative estimate of drug-likeness (QED) is 0.715. The SMILES string of the molecule is CCCc1nc2cccnc2n1-c1ccc(C)s1. The Labute approximate surface area is 110 Å². The Hall–Kier alpha value is -1.68. The molecule has 0 atom stereocenters. The molecule has 0 aliphatic carbocycles. The lowest BCUT2D eigenvalue weighted by molar-refractivity contribution is 0.820. The first-order valence-corrected chi connectivity index (χ1v) is 7.00. The number of imidazole rings is 1. The van der Waals surface area contributed by atoms with Crippen LogP contribution in [-0.2, 0) is 6.42 Å². The topological polar surface area (TPSA) is 30.7 Å². The fourth-order valence-electron chi connectivity index (χ4n) is 2.12. The van der Waals surface area contributed by atoms with Crippen molar-refractivity contribution in [1.82, 2.24) is 14.5 Å². The van der Waals surface area contributed by atoms with Crippen LogP contribution in [0, 0.1) is 6.92 Å². The van der Waals surface area contributed by atoms with Crippen LogP contribution in [0.4, 0.5) is 0 Å². The number of hydrogen-bond donors (Lipinski definition) is 0. The van der Waals surface area contributed by atoms with Crippen molar-refractivity contribution in [2.75, 3.05) is 0 Å². The van der Waals surface area contributed by atoms with Crippen LogP contribution in [0.5, 0.6) is 0 Å². The second-order valence-electron chi connectivity index (χ2n) is 4.34. The summed E-state index contributed by atoms with van der Waals surface area (Å²) in [6.45, 7) is 4.30. The smallest absolute Gasteiger partial charge is 0.165 e. The third kappa shape index (κ3) is 1.82. The maximum atomic E-state index is 4.70. The van der Waals surface area contributed by atoms with Crippen molar-refractivity contribution in [2.24, 2.45) is 0 Å². The molecular formula is C14H15N3S. The minimum Gasteiger partial charge on any atom is -0.271 e. The molecule has 0 radical (unpaired) electrons. The number of thiophene rings is 1. The molecule has 3 heterocycles. The Kier molecular flexibility index (Phi) is 2.88. The summed E-state index contributed by atoms with van der Waals surface area (Å²) in [5.74, 6) is 1.10. The molecule has 0 saturated heterocycles. The van der Waals surface area contributed by atoms with Crippen LogP contribution >= 0.6 is 11.3 Å². The summed E-state index contributed by atoms with van der Waals surface area (Å²) < 4.78 is 2.19. The van der Waals surface area contributed by atoms with Gasteiger partial charge in [0.2, 0.25) is 0 Å². The zero-order chi connectivity index (χ0) is 12.5. The van der Waals surface area contributed by atoms with Crippen LogP contribution in [0.1, 0.15) is 24.0 Å². The lowest BCUT2D eigenvalue weighted by atomic mass is 10.3. The van der Waals surface area contributed by atoms with Crippen LogP contribution in [0.25, 0.3) is 16.2 Å². The van der Waals surface area contributed by atoms with E-state index in [0.717, 1.165) is 29.8 Å². The molecule has 0 aliphatic heterocycles. The molecule has 4 heteroatoms. The van der Waals surface area contributed by atoms with Crippen molar-refractivity contribution in [3.63, 3.8) is 0 Å². The van der Waals surface area contributed by atoms with Crippen molar-refractivity contribution >= 4 is 22.5 Å². The highest BCUT2D eigenvalue weighted by Crippen LogP contribution is 2.26. The van der Waals surface area contributed by atoms with E-state index in [-0.39, 0.29) is 0 Å². The first kappa shape index (κ1) is 11.4. The Morgan fingerprint density at radius 1 is 1.28 bits per heavy atom. The van der Waals surface area contributed by atoms with Gasteiger partial charge in [0, 0.05) is 17.5 Å². The minimum atomic E-state index is 0.961. The number of rotatable bonds is 3. The van der Waals surface area contributed by atoms with Gasteiger partial charge in [-0.3, -0.25) is 4.57 Å². The van der Waals surface area contributed by atoms with Crippen LogP contribution in [-0.4, -0.2) is 14.5 Å². The maximum Gasteiger partial charge on any atom is 0.165 e. The van der Waals surface area contributed by atoms with Gasteiger partial charge in [-0.25, -0.2) is 9.97 Å². The molecule has 0 N–H and O–H groups in total. The van der Waals surface area contributed by atoms with E-state index in [1.54, 1.807) is 11.3 Å². The van der Waals surface area contributed by atoms with Crippen LogP contribution in [0.15, 0.2) is 30.5 Å². The third-order valence-corrected chi connectivity index (χ3v) is 3.89. The van der Waals surface area contributed by atoms with Gasteiger partial charge in [0.1, 0.15) is 16.3 Å². The van der Waals surface area contributed by atoms with E-state index in [0.29, 0.717) is 0 Å². The summed E-state index contributed by atoms with van der Waals surface area (Å²) in [6, 6.07) is 8.26. The summed E-state index contributed by atoms with van der Waals surface area (Å²) in [7, 11) is 0. The van der Waals surface area contributed by atoms with Crippen LogP contribution < -0.4 is 0 Å². The molecule has 0 bridgehead atoms. The summed E-state index contributed by atoms with van der Waals surface area (Å²) >= 11 is 1.78. The predicted octanol–water partition coefficient (Wildman–Crippen LogP) is 3.74. The van der Waals surface area contributed by atoms with E-state index in [1.165, 1.54) is 9.88 Å². The average molecular weight is 257 g/mol. The first-order valence-electron chi connectivity index (χ1n) is 6.18. The van der Waals surface area contributed by atoms with Gasteiger partial charge in [-0.15, -0.1) is 11.3 Å². The van der Waals surface area contributed by atoms with Crippen molar-refractivity contribution in [3.05, 3.63) is 41.2 Å². The Bertz CT molecular complexity index is 681. The molecular weight excluding hydrogens is 242 g/mol. The lowest BCUT2D eigenvalue weighted by Crippen LogP contribution is -1.99. The normalized spacial score (nSPS) is 11.2. The van der Waals surface area contributed by atoms with E-state index < -0.39 is 0 Å². The van der Waals surface area contributed by atoms with Gasteiger partial charge < -0.3 is 0 Å².